The van der Waals surface area contributed by atoms with Crippen molar-refractivity contribution in [3.63, 3.8) is 0 Å². The predicted octanol–water partition coefficient (Wildman–Crippen LogP) is 4.95. The Labute approximate surface area is 154 Å². The summed E-state index contributed by atoms with van der Waals surface area (Å²) in [4.78, 5) is 15.1. The second-order valence-corrected chi connectivity index (χ2v) is 6.70. The minimum atomic E-state index is -1.05. The third-order valence-electron chi connectivity index (χ3n) is 4.19. The molecule has 0 saturated carbocycles. The van der Waals surface area contributed by atoms with Gasteiger partial charge in [0.2, 0.25) is 0 Å². The number of halogens is 2. The average molecular weight is 375 g/mol. The molecular formula is C19H19F2N3O3. The van der Waals surface area contributed by atoms with Gasteiger partial charge in [0.1, 0.15) is 5.82 Å². The summed E-state index contributed by atoms with van der Waals surface area (Å²) >= 11 is 0. The van der Waals surface area contributed by atoms with Gasteiger partial charge in [-0.3, -0.25) is 10.1 Å². The molecule has 0 aliphatic heterocycles. The van der Waals surface area contributed by atoms with Gasteiger partial charge in [-0.25, -0.2) is 13.8 Å². The predicted molar refractivity (Wildman–Crippen MR) is 96.7 cm³/mol. The molecule has 0 N–H and O–H groups in total. The second kappa shape index (κ2) is 6.94. The van der Waals surface area contributed by atoms with E-state index in [1.54, 1.807) is 19.9 Å². The molecule has 6 nitrogen and oxygen atoms in total. The number of nitro groups is 1. The number of benzene rings is 2. The van der Waals surface area contributed by atoms with Gasteiger partial charge in [0.15, 0.2) is 23.0 Å². The number of non-ortho nitro benzene ring substituents is 1. The standard InChI is InChI=1S/C19H19F2N3O3/c1-4-9-23-16-7-6-13(24(25)26)11-15(16)22-18(23)19(2,3)27-17-8-5-12(20)10-14(17)21/h5-8,10-11H,4,9H2,1-3H3. The normalized spacial score (nSPS) is 11.7. The van der Waals surface area contributed by atoms with E-state index in [0.717, 1.165) is 24.1 Å². The Bertz CT molecular complexity index is 1010. The van der Waals surface area contributed by atoms with E-state index in [9.17, 15) is 18.9 Å². The molecule has 0 spiro atoms. The lowest BCUT2D eigenvalue weighted by Gasteiger charge is -2.27. The van der Waals surface area contributed by atoms with E-state index in [1.165, 1.54) is 18.2 Å². The Hall–Kier alpha value is -3.03. The van der Waals surface area contributed by atoms with Crippen molar-refractivity contribution in [2.75, 3.05) is 0 Å². The van der Waals surface area contributed by atoms with Crippen LogP contribution in [0.15, 0.2) is 36.4 Å². The maximum Gasteiger partial charge on any atom is 0.271 e. The number of imidazole rings is 1. The first-order chi connectivity index (χ1) is 12.7. The zero-order valence-electron chi connectivity index (χ0n) is 15.2. The SMILES string of the molecule is CCCn1c(C(C)(C)Oc2ccc(F)cc2F)nc2cc([N+](=O)[O-])ccc21. The molecule has 3 aromatic rings. The van der Waals surface area contributed by atoms with Gasteiger partial charge in [-0.05, 0) is 38.5 Å². The molecule has 142 valence electrons. The Kier molecular flexibility index (Phi) is 4.82. The lowest BCUT2D eigenvalue weighted by atomic mass is 10.1. The lowest BCUT2D eigenvalue weighted by Crippen LogP contribution is -2.30. The smallest absolute Gasteiger partial charge is 0.271 e. The summed E-state index contributed by atoms with van der Waals surface area (Å²) in [5.74, 6) is -1.09. The van der Waals surface area contributed by atoms with Gasteiger partial charge in [0, 0.05) is 24.7 Å². The van der Waals surface area contributed by atoms with Crippen LogP contribution in [0.4, 0.5) is 14.5 Å². The van der Waals surface area contributed by atoms with Crippen molar-refractivity contribution in [1.29, 1.82) is 0 Å². The summed E-state index contributed by atoms with van der Waals surface area (Å²) in [6.07, 6.45) is 0.802. The highest BCUT2D eigenvalue weighted by Gasteiger charge is 2.31. The van der Waals surface area contributed by atoms with Crippen molar-refractivity contribution in [1.82, 2.24) is 9.55 Å². The first kappa shape index (κ1) is 18.8. The Balaban J connectivity index is 2.09. The minimum absolute atomic E-state index is 0.0569. The van der Waals surface area contributed by atoms with Gasteiger partial charge in [-0.15, -0.1) is 0 Å². The monoisotopic (exact) mass is 375 g/mol. The number of nitrogens with zero attached hydrogens (tertiary/aromatic N) is 3. The highest BCUT2D eigenvalue weighted by Crippen LogP contribution is 2.32. The molecular weight excluding hydrogens is 356 g/mol. The fraction of sp³-hybridized carbons (Fsp3) is 0.316. The molecule has 0 atom stereocenters. The number of aromatic nitrogens is 2. The van der Waals surface area contributed by atoms with Crippen LogP contribution < -0.4 is 4.74 Å². The molecule has 8 heteroatoms. The molecule has 0 aliphatic rings. The molecule has 0 aliphatic carbocycles. The van der Waals surface area contributed by atoms with Gasteiger partial charge >= 0.3 is 0 Å². The van der Waals surface area contributed by atoms with E-state index < -0.39 is 22.2 Å². The minimum Gasteiger partial charge on any atom is -0.477 e. The van der Waals surface area contributed by atoms with Crippen molar-refractivity contribution in [3.8, 4) is 5.75 Å². The van der Waals surface area contributed by atoms with Gasteiger partial charge < -0.3 is 9.30 Å². The summed E-state index contributed by atoms with van der Waals surface area (Å²) < 4.78 is 34.9. The number of nitro benzene ring substituents is 1. The number of rotatable bonds is 6. The molecule has 2 aromatic carbocycles. The number of hydrogen-bond donors (Lipinski definition) is 0. The van der Waals surface area contributed by atoms with Crippen LogP contribution in [0.5, 0.6) is 5.75 Å². The summed E-state index contributed by atoms with van der Waals surface area (Å²) in [5, 5.41) is 11.0. The summed E-state index contributed by atoms with van der Waals surface area (Å²) in [7, 11) is 0. The molecule has 0 unspecified atom stereocenters. The molecule has 0 radical (unpaired) electrons. The largest absolute Gasteiger partial charge is 0.477 e. The second-order valence-electron chi connectivity index (χ2n) is 6.70. The van der Waals surface area contributed by atoms with E-state index in [0.29, 0.717) is 17.9 Å². The van der Waals surface area contributed by atoms with E-state index in [1.807, 2.05) is 11.5 Å². The maximum atomic E-state index is 14.0. The number of hydrogen-bond acceptors (Lipinski definition) is 4. The number of aryl methyl sites for hydroxylation is 1. The molecule has 0 amide bonds. The van der Waals surface area contributed by atoms with Crippen molar-refractivity contribution in [2.24, 2.45) is 0 Å². The molecule has 0 fully saturated rings. The van der Waals surface area contributed by atoms with Crippen LogP contribution >= 0.6 is 0 Å². The average Bonchev–Trinajstić information content (AvgIpc) is 2.96. The summed E-state index contributed by atoms with van der Waals surface area (Å²) in [5.41, 5.74) is 0.0814. The topological polar surface area (TPSA) is 70.2 Å². The zero-order valence-corrected chi connectivity index (χ0v) is 15.2. The van der Waals surface area contributed by atoms with Gasteiger partial charge in [-0.1, -0.05) is 6.92 Å². The third kappa shape index (κ3) is 3.60. The number of ether oxygens (including phenoxy) is 1. The van der Waals surface area contributed by atoms with E-state index in [4.69, 9.17) is 4.74 Å². The van der Waals surface area contributed by atoms with Crippen LogP contribution in [0.3, 0.4) is 0 Å². The molecule has 0 saturated heterocycles. The van der Waals surface area contributed by atoms with Crippen LogP contribution in [-0.2, 0) is 12.1 Å². The van der Waals surface area contributed by atoms with Crippen LogP contribution in [0.2, 0.25) is 0 Å². The lowest BCUT2D eigenvalue weighted by molar-refractivity contribution is -0.384. The first-order valence-electron chi connectivity index (χ1n) is 8.52. The van der Waals surface area contributed by atoms with E-state index in [-0.39, 0.29) is 11.4 Å². The molecule has 1 heterocycles. The van der Waals surface area contributed by atoms with E-state index >= 15 is 0 Å². The van der Waals surface area contributed by atoms with Gasteiger partial charge in [0.25, 0.3) is 5.69 Å². The number of fused-ring (bicyclic) bond motifs is 1. The fourth-order valence-corrected chi connectivity index (χ4v) is 3.02. The Morgan fingerprint density at radius 3 is 2.59 bits per heavy atom. The fourth-order valence-electron chi connectivity index (χ4n) is 3.02. The van der Waals surface area contributed by atoms with Crippen molar-refractivity contribution in [2.45, 2.75) is 39.3 Å². The molecule has 3 rings (SSSR count). The first-order valence-corrected chi connectivity index (χ1v) is 8.52. The Morgan fingerprint density at radius 2 is 1.96 bits per heavy atom. The van der Waals surface area contributed by atoms with Crippen LogP contribution in [0.25, 0.3) is 11.0 Å². The van der Waals surface area contributed by atoms with Gasteiger partial charge in [0.05, 0.1) is 16.0 Å². The molecule has 27 heavy (non-hydrogen) atoms. The molecule has 0 bridgehead atoms. The van der Waals surface area contributed by atoms with Gasteiger partial charge in [-0.2, -0.15) is 0 Å². The van der Waals surface area contributed by atoms with Crippen molar-refractivity contribution in [3.05, 3.63) is 64.0 Å². The van der Waals surface area contributed by atoms with Crippen LogP contribution in [0.1, 0.15) is 33.0 Å². The highest BCUT2D eigenvalue weighted by atomic mass is 19.1. The maximum absolute atomic E-state index is 14.0. The third-order valence-corrected chi connectivity index (χ3v) is 4.19. The van der Waals surface area contributed by atoms with Crippen molar-refractivity contribution >= 4 is 16.7 Å². The van der Waals surface area contributed by atoms with Crippen molar-refractivity contribution < 1.29 is 18.4 Å². The quantitative estimate of drug-likeness (QED) is 0.452. The van der Waals surface area contributed by atoms with E-state index in [2.05, 4.69) is 4.98 Å². The highest BCUT2D eigenvalue weighted by molar-refractivity contribution is 5.79. The Morgan fingerprint density at radius 1 is 1.22 bits per heavy atom. The summed E-state index contributed by atoms with van der Waals surface area (Å²) in [6, 6.07) is 7.57. The summed E-state index contributed by atoms with van der Waals surface area (Å²) in [6.45, 7) is 6.05. The zero-order chi connectivity index (χ0) is 19.8. The molecule has 1 aromatic heterocycles. The van der Waals surface area contributed by atoms with Crippen LogP contribution in [0, 0.1) is 21.7 Å². The van der Waals surface area contributed by atoms with Crippen LogP contribution in [-0.4, -0.2) is 14.5 Å².